The van der Waals surface area contributed by atoms with Gasteiger partial charge in [-0.05, 0) is 30.2 Å². The Morgan fingerprint density at radius 2 is 2.14 bits per heavy atom. The third-order valence-corrected chi connectivity index (χ3v) is 1.95. The lowest BCUT2D eigenvalue weighted by Gasteiger charge is -2.05. The van der Waals surface area contributed by atoms with Crippen LogP contribution in [0.1, 0.15) is 25.8 Å². The van der Waals surface area contributed by atoms with Gasteiger partial charge in [0, 0.05) is 6.42 Å². The van der Waals surface area contributed by atoms with E-state index in [0.29, 0.717) is 18.6 Å². The maximum absolute atomic E-state index is 11.0. The van der Waals surface area contributed by atoms with E-state index in [0.717, 1.165) is 5.56 Å². The highest BCUT2D eigenvalue weighted by Gasteiger charge is 2.04. The van der Waals surface area contributed by atoms with E-state index in [9.17, 15) is 9.90 Å². The van der Waals surface area contributed by atoms with E-state index < -0.39 is 0 Å². The Kier molecular flexibility index (Phi) is 3.51. The van der Waals surface area contributed by atoms with Crippen molar-refractivity contribution in [3.8, 4) is 11.5 Å². The van der Waals surface area contributed by atoms with Gasteiger partial charge in [0.1, 0.15) is 11.5 Å². The molecule has 14 heavy (non-hydrogen) atoms. The van der Waals surface area contributed by atoms with Gasteiger partial charge in [-0.25, -0.2) is 0 Å². The highest BCUT2D eigenvalue weighted by Crippen LogP contribution is 2.23. The van der Waals surface area contributed by atoms with E-state index in [1.54, 1.807) is 19.1 Å². The minimum absolute atomic E-state index is 0.240. The number of phenolic OH excluding ortho intramolecular Hbond substituents is 1. The summed E-state index contributed by atoms with van der Waals surface area (Å²) in [5.41, 5.74) is 0.784. The number of ether oxygens (including phenoxy) is 1. The van der Waals surface area contributed by atoms with Crippen molar-refractivity contribution in [3.05, 3.63) is 23.8 Å². The Hall–Kier alpha value is -1.51. The first kappa shape index (κ1) is 10.6. The number of phenols is 1. The molecule has 76 valence electrons. The summed E-state index contributed by atoms with van der Waals surface area (Å²) < 4.78 is 5.01. The summed E-state index contributed by atoms with van der Waals surface area (Å²) in [4.78, 5) is 11.0. The predicted octanol–water partition coefficient (Wildman–Crippen LogP) is 2.27. The molecule has 0 atom stereocenters. The summed E-state index contributed by atoms with van der Waals surface area (Å²) in [6.45, 7) is 3.67. The molecular formula is C11H14O3. The number of hydrogen-bond donors (Lipinski definition) is 1. The minimum Gasteiger partial charge on any atom is -0.508 e. The second-order valence-electron chi connectivity index (χ2n) is 2.97. The van der Waals surface area contributed by atoms with Gasteiger partial charge >= 0.3 is 5.97 Å². The second kappa shape index (κ2) is 4.65. The Labute approximate surface area is 83.3 Å². The van der Waals surface area contributed by atoms with E-state index in [2.05, 4.69) is 0 Å². The Balaban J connectivity index is 2.84. The zero-order valence-electron chi connectivity index (χ0n) is 8.41. The zero-order chi connectivity index (χ0) is 10.6. The average molecular weight is 194 g/mol. The number of aromatic hydroxyl groups is 1. The lowest BCUT2D eigenvalue weighted by molar-refractivity contribution is -0.134. The highest BCUT2D eigenvalue weighted by molar-refractivity contribution is 5.72. The Morgan fingerprint density at radius 1 is 1.43 bits per heavy atom. The van der Waals surface area contributed by atoms with Crippen molar-refractivity contribution < 1.29 is 14.6 Å². The molecule has 3 nitrogen and oxygen atoms in total. The predicted molar refractivity (Wildman–Crippen MR) is 53.4 cm³/mol. The van der Waals surface area contributed by atoms with Crippen molar-refractivity contribution in [1.82, 2.24) is 0 Å². The third kappa shape index (κ3) is 2.49. The lowest BCUT2D eigenvalue weighted by atomic mass is 10.1. The smallest absolute Gasteiger partial charge is 0.310 e. The Bertz CT molecular complexity index is 331. The van der Waals surface area contributed by atoms with Crippen LogP contribution < -0.4 is 4.74 Å². The van der Waals surface area contributed by atoms with E-state index in [1.165, 1.54) is 6.07 Å². The van der Waals surface area contributed by atoms with Crippen LogP contribution in [0.25, 0.3) is 0 Å². The van der Waals surface area contributed by atoms with Gasteiger partial charge in [-0.15, -0.1) is 0 Å². The van der Waals surface area contributed by atoms with Crippen LogP contribution in [-0.4, -0.2) is 11.1 Å². The summed E-state index contributed by atoms with van der Waals surface area (Å²) in [5.74, 6) is 0.466. The van der Waals surface area contributed by atoms with Gasteiger partial charge in [0.2, 0.25) is 0 Å². The molecule has 0 aliphatic carbocycles. The van der Waals surface area contributed by atoms with Crippen LogP contribution in [0.2, 0.25) is 0 Å². The first-order valence-electron chi connectivity index (χ1n) is 4.70. The fourth-order valence-electron chi connectivity index (χ4n) is 1.11. The quantitative estimate of drug-likeness (QED) is 0.593. The molecule has 1 N–H and O–H groups in total. The molecule has 0 fully saturated rings. The molecule has 3 heteroatoms. The summed E-state index contributed by atoms with van der Waals surface area (Å²) in [7, 11) is 0. The average Bonchev–Trinajstić information content (AvgIpc) is 2.20. The SMILES string of the molecule is CCC(=O)Oc1ccc(O)c(CC)c1. The van der Waals surface area contributed by atoms with Crippen molar-refractivity contribution in [1.29, 1.82) is 0 Å². The topological polar surface area (TPSA) is 46.5 Å². The number of carbonyl (C=O) groups excluding carboxylic acids is 1. The number of hydrogen-bond acceptors (Lipinski definition) is 3. The molecule has 1 rings (SSSR count). The highest BCUT2D eigenvalue weighted by atomic mass is 16.5. The van der Waals surface area contributed by atoms with Crippen molar-refractivity contribution >= 4 is 5.97 Å². The molecule has 0 unspecified atom stereocenters. The second-order valence-corrected chi connectivity index (χ2v) is 2.97. The molecule has 1 aromatic carbocycles. The molecule has 0 aliphatic heterocycles. The van der Waals surface area contributed by atoms with Crippen LogP contribution in [0.3, 0.4) is 0 Å². The van der Waals surface area contributed by atoms with Gasteiger partial charge < -0.3 is 9.84 Å². The summed E-state index contributed by atoms with van der Waals surface area (Å²) in [6, 6.07) is 4.81. The molecule has 0 radical (unpaired) electrons. The van der Waals surface area contributed by atoms with Gasteiger partial charge in [-0.3, -0.25) is 4.79 Å². The number of esters is 1. The van der Waals surface area contributed by atoms with Gasteiger partial charge in [-0.2, -0.15) is 0 Å². The van der Waals surface area contributed by atoms with E-state index in [4.69, 9.17) is 4.74 Å². The third-order valence-electron chi connectivity index (χ3n) is 1.95. The lowest BCUT2D eigenvalue weighted by Crippen LogP contribution is -2.05. The fraction of sp³-hybridized carbons (Fsp3) is 0.364. The van der Waals surface area contributed by atoms with Crippen molar-refractivity contribution in [2.75, 3.05) is 0 Å². The molecule has 0 amide bonds. The zero-order valence-corrected chi connectivity index (χ0v) is 8.41. The van der Waals surface area contributed by atoms with Crippen LogP contribution in [0.15, 0.2) is 18.2 Å². The minimum atomic E-state index is -0.266. The first-order valence-corrected chi connectivity index (χ1v) is 4.70. The van der Waals surface area contributed by atoms with Crippen LogP contribution >= 0.6 is 0 Å². The molecule has 0 bridgehead atoms. The van der Waals surface area contributed by atoms with Crippen LogP contribution in [0, 0.1) is 0 Å². The van der Waals surface area contributed by atoms with E-state index in [1.807, 2.05) is 6.92 Å². The first-order chi connectivity index (χ1) is 6.67. The van der Waals surface area contributed by atoms with Crippen LogP contribution in [0.5, 0.6) is 11.5 Å². The monoisotopic (exact) mass is 194 g/mol. The Morgan fingerprint density at radius 3 is 2.71 bits per heavy atom. The number of aryl methyl sites for hydroxylation is 1. The molecule has 0 spiro atoms. The largest absolute Gasteiger partial charge is 0.508 e. The molecular weight excluding hydrogens is 180 g/mol. The molecule has 0 saturated carbocycles. The normalized spacial score (nSPS) is 9.86. The van der Waals surface area contributed by atoms with Crippen molar-refractivity contribution in [2.45, 2.75) is 26.7 Å². The summed E-state index contributed by atoms with van der Waals surface area (Å²) in [5, 5.41) is 9.39. The van der Waals surface area contributed by atoms with Crippen LogP contribution in [0.4, 0.5) is 0 Å². The van der Waals surface area contributed by atoms with Gasteiger partial charge in [0.25, 0.3) is 0 Å². The summed E-state index contributed by atoms with van der Waals surface area (Å²) >= 11 is 0. The molecule has 0 aliphatic rings. The fourth-order valence-corrected chi connectivity index (χ4v) is 1.11. The molecule has 0 heterocycles. The van der Waals surface area contributed by atoms with Crippen molar-refractivity contribution in [2.24, 2.45) is 0 Å². The van der Waals surface area contributed by atoms with Crippen molar-refractivity contribution in [3.63, 3.8) is 0 Å². The maximum atomic E-state index is 11.0. The van der Waals surface area contributed by atoms with Crippen LogP contribution in [-0.2, 0) is 11.2 Å². The molecule has 0 aromatic heterocycles. The standard InChI is InChI=1S/C11H14O3/c1-3-8-7-9(5-6-10(8)12)14-11(13)4-2/h5-7,12H,3-4H2,1-2H3. The number of carbonyl (C=O) groups is 1. The van der Waals surface area contributed by atoms with Gasteiger partial charge in [-0.1, -0.05) is 13.8 Å². The molecule has 0 saturated heterocycles. The summed E-state index contributed by atoms with van der Waals surface area (Å²) in [6.07, 6.45) is 1.06. The van der Waals surface area contributed by atoms with Gasteiger partial charge in [0.15, 0.2) is 0 Å². The van der Waals surface area contributed by atoms with E-state index in [-0.39, 0.29) is 11.7 Å². The number of rotatable bonds is 3. The van der Waals surface area contributed by atoms with E-state index >= 15 is 0 Å². The molecule has 1 aromatic rings. The van der Waals surface area contributed by atoms with Gasteiger partial charge in [0.05, 0.1) is 0 Å². The number of benzene rings is 1. The maximum Gasteiger partial charge on any atom is 0.310 e.